The zero-order chi connectivity index (χ0) is 12.8. The topological polar surface area (TPSA) is 67.8 Å². The summed E-state index contributed by atoms with van der Waals surface area (Å²) >= 11 is 0. The molecule has 0 aliphatic rings. The fourth-order valence-electron chi connectivity index (χ4n) is 0.887. The van der Waals surface area contributed by atoms with Crippen LogP contribution in [0.4, 0.5) is 17.6 Å². The highest BCUT2D eigenvalue weighted by Gasteiger charge is 2.41. The maximum Gasteiger partial charge on any atom is 0.330 e. The summed E-state index contributed by atoms with van der Waals surface area (Å²) in [5.74, 6) is -4.38. The zero-order valence-electron chi connectivity index (χ0n) is 8.67. The molecule has 3 N–H and O–H groups in total. The van der Waals surface area contributed by atoms with Crippen molar-refractivity contribution in [2.45, 2.75) is 38.2 Å². The smallest absolute Gasteiger partial charge is 0.330 e. The Hall–Kier alpha value is -1.05. The normalized spacial score (nSPS) is 15.5. The summed E-state index contributed by atoms with van der Waals surface area (Å²) in [7, 11) is 0. The van der Waals surface area contributed by atoms with Crippen LogP contribution in [-0.4, -0.2) is 36.1 Å². The van der Waals surface area contributed by atoms with E-state index < -0.39 is 25.1 Å². The van der Waals surface area contributed by atoms with E-state index in [9.17, 15) is 17.6 Å². The number of oxime groups is 1. The van der Waals surface area contributed by atoms with Gasteiger partial charge >= 0.3 is 12.3 Å². The first-order valence-electron chi connectivity index (χ1n) is 4.57. The number of nitrogens with two attached hydrogens (primary N) is 1. The van der Waals surface area contributed by atoms with Gasteiger partial charge in [-0.3, -0.25) is 0 Å². The monoisotopic (exact) mass is 246 g/mol. The van der Waals surface area contributed by atoms with Crippen molar-refractivity contribution in [1.29, 1.82) is 0 Å². The molecule has 0 saturated heterocycles. The Bertz CT molecular complexity index is 236. The quantitative estimate of drug-likeness (QED) is 0.237. The van der Waals surface area contributed by atoms with Crippen LogP contribution < -0.4 is 5.73 Å². The predicted octanol–water partition coefficient (Wildman–Crippen LogP) is 1.82. The van der Waals surface area contributed by atoms with Gasteiger partial charge < -0.3 is 15.7 Å². The lowest BCUT2D eigenvalue weighted by Crippen LogP contribution is -2.35. The number of hydrogen-bond donors (Lipinski definition) is 2. The number of nitrogens with zero attached hydrogens (tertiary/aromatic N) is 1. The average molecular weight is 246 g/mol. The summed E-state index contributed by atoms with van der Waals surface area (Å²) < 4.78 is 53.1. The van der Waals surface area contributed by atoms with Gasteiger partial charge in [0.1, 0.15) is 12.4 Å². The summed E-state index contributed by atoms with van der Waals surface area (Å²) in [5.41, 5.74) is 5.13. The van der Waals surface area contributed by atoms with Gasteiger partial charge in [0.25, 0.3) is 0 Å². The predicted molar refractivity (Wildman–Crippen MR) is 49.0 cm³/mol. The molecule has 1 atom stereocenters. The van der Waals surface area contributed by atoms with Crippen LogP contribution in [0, 0.1) is 0 Å². The van der Waals surface area contributed by atoms with E-state index in [0.29, 0.717) is 0 Å². The van der Waals surface area contributed by atoms with Crippen LogP contribution in [0.1, 0.15) is 19.8 Å². The van der Waals surface area contributed by atoms with Crippen molar-refractivity contribution < 1.29 is 27.5 Å². The second kappa shape index (κ2) is 6.51. The lowest BCUT2D eigenvalue weighted by molar-refractivity contribution is -0.175. The zero-order valence-corrected chi connectivity index (χ0v) is 8.67. The number of alkyl halides is 4. The Morgan fingerprint density at radius 2 is 2.06 bits per heavy atom. The average Bonchev–Trinajstić information content (AvgIpc) is 2.23. The highest BCUT2D eigenvalue weighted by atomic mass is 19.3. The molecule has 96 valence electrons. The first-order valence-corrected chi connectivity index (χ1v) is 4.57. The van der Waals surface area contributed by atoms with Crippen molar-refractivity contribution in [3.8, 4) is 0 Å². The second-order valence-electron chi connectivity index (χ2n) is 3.20. The molecule has 0 rings (SSSR count). The van der Waals surface area contributed by atoms with Crippen molar-refractivity contribution in [3.63, 3.8) is 0 Å². The van der Waals surface area contributed by atoms with Gasteiger partial charge in [0.2, 0.25) is 0 Å². The minimum Gasteiger partial charge on any atom is -0.409 e. The third kappa shape index (κ3) is 5.15. The Kier molecular flexibility index (Phi) is 6.09. The number of rotatable bonds is 7. The summed E-state index contributed by atoms with van der Waals surface area (Å²) in [5, 5.41) is 10.9. The minimum atomic E-state index is -4.18. The third-order valence-electron chi connectivity index (χ3n) is 1.85. The van der Waals surface area contributed by atoms with Gasteiger partial charge in [-0.2, -0.15) is 8.78 Å². The fraction of sp³-hybridized carbons (Fsp3) is 0.875. The van der Waals surface area contributed by atoms with Crippen LogP contribution in [0.5, 0.6) is 0 Å². The van der Waals surface area contributed by atoms with Gasteiger partial charge in [-0.1, -0.05) is 12.1 Å². The van der Waals surface area contributed by atoms with Crippen LogP contribution in [0.2, 0.25) is 0 Å². The molecule has 0 aromatic carbocycles. The second-order valence-corrected chi connectivity index (χ2v) is 3.20. The van der Waals surface area contributed by atoms with Crippen molar-refractivity contribution >= 4 is 5.84 Å². The van der Waals surface area contributed by atoms with Crippen LogP contribution in [0.3, 0.4) is 0 Å². The summed E-state index contributed by atoms with van der Waals surface area (Å²) in [6.07, 6.45) is -4.35. The van der Waals surface area contributed by atoms with Gasteiger partial charge in [0, 0.05) is 6.42 Å². The molecule has 0 bridgehead atoms. The van der Waals surface area contributed by atoms with Crippen LogP contribution in [0.15, 0.2) is 5.16 Å². The Balaban J connectivity index is 4.15. The third-order valence-corrected chi connectivity index (χ3v) is 1.85. The minimum absolute atomic E-state index is 0.0910. The molecule has 0 spiro atoms. The maximum absolute atomic E-state index is 12.5. The standard InChI is InChI=1S/C8H14F4N2O2/c1-2-5(3-6(13)14-15)16-4-8(11,12)7(9)10/h5,7,15H,2-4H2,1H3,(H2,13,14). The molecule has 0 aliphatic carbocycles. The van der Waals surface area contributed by atoms with Gasteiger partial charge in [-0.25, -0.2) is 8.78 Å². The highest BCUT2D eigenvalue weighted by Crippen LogP contribution is 2.24. The molecule has 16 heavy (non-hydrogen) atoms. The number of hydrogen-bond acceptors (Lipinski definition) is 3. The largest absolute Gasteiger partial charge is 0.409 e. The fourth-order valence-corrected chi connectivity index (χ4v) is 0.887. The Labute approximate surface area is 90.1 Å². The van der Waals surface area contributed by atoms with Crippen molar-refractivity contribution in [2.24, 2.45) is 10.9 Å². The Morgan fingerprint density at radius 1 is 1.50 bits per heavy atom. The van der Waals surface area contributed by atoms with Crippen LogP contribution in [0.25, 0.3) is 0 Å². The molecule has 0 saturated carbocycles. The molecule has 0 aromatic rings. The van der Waals surface area contributed by atoms with E-state index in [1.807, 2.05) is 0 Å². The van der Waals surface area contributed by atoms with Crippen LogP contribution >= 0.6 is 0 Å². The molecule has 0 amide bonds. The van der Waals surface area contributed by atoms with Crippen LogP contribution in [-0.2, 0) is 4.74 Å². The lowest BCUT2D eigenvalue weighted by Gasteiger charge is -2.20. The van der Waals surface area contributed by atoms with Gasteiger partial charge in [-0.05, 0) is 6.42 Å². The first kappa shape index (κ1) is 14.9. The van der Waals surface area contributed by atoms with E-state index in [1.165, 1.54) is 0 Å². The lowest BCUT2D eigenvalue weighted by atomic mass is 10.2. The van der Waals surface area contributed by atoms with E-state index in [1.54, 1.807) is 6.92 Å². The molecule has 4 nitrogen and oxygen atoms in total. The maximum atomic E-state index is 12.5. The van der Waals surface area contributed by atoms with E-state index >= 15 is 0 Å². The number of ether oxygens (including phenoxy) is 1. The molecule has 8 heteroatoms. The highest BCUT2D eigenvalue weighted by molar-refractivity contribution is 5.80. The molecule has 0 fully saturated rings. The first-order chi connectivity index (χ1) is 7.33. The van der Waals surface area contributed by atoms with E-state index in [2.05, 4.69) is 9.89 Å². The molecule has 0 heterocycles. The number of halogens is 4. The molecular formula is C8H14F4N2O2. The van der Waals surface area contributed by atoms with E-state index in [-0.39, 0.29) is 18.7 Å². The summed E-state index contributed by atoms with van der Waals surface area (Å²) in [4.78, 5) is 0. The van der Waals surface area contributed by atoms with Gasteiger partial charge in [-0.15, -0.1) is 0 Å². The number of amidine groups is 1. The SMILES string of the molecule is CCC(C/C(N)=N/O)OCC(F)(F)C(F)F. The van der Waals surface area contributed by atoms with E-state index in [0.717, 1.165) is 0 Å². The van der Waals surface area contributed by atoms with Crippen molar-refractivity contribution in [1.82, 2.24) is 0 Å². The summed E-state index contributed by atoms with van der Waals surface area (Å²) in [6.45, 7) is 0.220. The molecule has 0 aromatic heterocycles. The van der Waals surface area contributed by atoms with Gasteiger partial charge in [0.05, 0.1) is 6.10 Å². The molecule has 0 radical (unpaired) electrons. The van der Waals surface area contributed by atoms with Gasteiger partial charge in [0.15, 0.2) is 0 Å². The Morgan fingerprint density at radius 3 is 2.44 bits per heavy atom. The molecule has 0 aliphatic heterocycles. The molecular weight excluding hydrogens is 232 g/mol. The summed E-state index contributed by atoms with van der Waals surface area (Å²) in [6, 6.07) is 0. The van der Waals surface area contributed by atoms with Crippen molar-refractivity contribution in [3.05, 3.63) is 0 Å². The molecule has 1 unspecified atom stereocenters. The van der Waals surface area contributed by atoms with E-state index in [4.69, 9.17) is 10.9 Å². The van der Waals surface area contributed by atoms with Crippen molar-refractivity contribution in [2.75, 3.05) is 6.61 Å².